The molecule has 0 aromatic heterocycles. The first kappa shape index (κ1) is 51.1. The summed E-state index contributed by atoms with van der Waals surface area (Å²) >= 11 is 0. The zero-order chi connectivity index (χ0) is 47.0. The number of nitrogens with zero attached hydrogens (tertiary/aromatic N) is 1. The molecule has 1 heterocycles. The lowest BCUT2D eigenvalue weighted by Gasteiger charge is -2.73. The number of nitrogens with one attached hydrogen (secondary N) is 1. The van der Waals surface area contributed by atoms with Crippen LogP contribution in [0, 0.1) is 56.7 Å². The van der Waals surface area contributed by atoms with Gasteiger partial charge in [-0.2, -0.15) is 0 Å². The van der Waals surface area contributed by atoms with Crippen LogP contribution >= 0.6 is 0 Å². The minimum absolute atomic E-state index is 0.0162. The SMILES string of the molecule is C=C(C)[C@@H]1CC[C@]2(NCC(C(C)O[Si](C)(C)C(C)(C)C)N3CCS(=O)(=O)CC3)CC[C@]3(C)[C@H](CC[C@@H]4[C@@]5(C)CC[C@H](OC(=O)CC(C)(C)CC(=O)OCC)C(C)(C)[C@@H]5CC[C@]43C)[C@@H]12. The first-order valence-corrected chi connectivity index (χ1v) is 30.0. The minimum atomic E-state index is -3.01. The van der Waals surface area contributed by atoms with Gasteiger partial charge in [-0.25, -0.2) is 8.42 Å². The summed E-state index contributed by atoms with van der Waals surface area (Å²) in [6, 6.07) is 0.0964. The number of esters is 2. The second-order valence-electron chi connectivity index (χ2n) is 25.7. The highest BCUT2D eigenvalue weighted by Crippen LogP contribution is 2.76. The number of fused-ring (bicyclic) bond motifs is 7. The van der Waals surface area contributed by atoms with E-state index in [1.807, 2.05) is 20.8 Å². The zero-order valence-corrected chi connectivity index (χ0v) is 44.6. The number of hydrogen-bond donors (Lipinski definition) is 1. The van der Waals surface area contributed by atoms with Crippen molar-refractivity contribution in [1.82, 2.24) is 10.2 Å². The molecule has 1 saturated heterocycles. The summed E-state index contributed by atoms with van der Waals surface area (Å²) in [4.78, 5) is 28.3. The van der Waals surface area contributed by atoms with Gasteiger partial charge in [0.15, 0.2) is 18.2 Å². The van der Waals surface area contributed by atoms with Crippen LogP contribution in [0.25, 0.3) is 0 Å². The molecule has 0 bridgehead atoms. The molecule has 6 rings (SSSR count). The van der Waals surface area contributed by atoms with Crippen LogP contribution in [-0.2, 0) is 33.3 Å². The molecule has 11 heteroatoms. The van der Waals surface area contributed by atoms with Gasteiger partial charge in [-0.1, -0.05) is 81.4 Å². The number of allylic oxidation sites excluding steroid dienone is 1. The third-order valence-electron chi connectivity index (χ3n) is 20.2. The van der Waals surface area contributed by atoms with Gasteiger partial charge in [-0.15, -0.1) is 0 Å². The first-order valence-electron chi connectivity index (χ1n) is 25.3. The Balaban J connectivity index is 1.22. The third-order valence-corrected chi connectivity index (χ3v) is 26.4. The third kappa shape index (κ3) is 9.47. The van der Waals surface area contributed by atoms with Crippen LogP contribution in [0.4, 0.5) is 0 Å². The lowest BCUT2D eigenvalue weighted by molar-refractivity contribution is -0.246. The van der Waals surface area contributed by atoms with Crippen LogP contribution in [0.5, 0.6) is 0 Å². The predicted octanol–water partition coefficient (Wildman–Crippen LogP) is 10.8. The molecule has 63 heavy (non-hydrogen) atoms. The summed E-state index contributed by atoms with van der Waals surface area (Å²) in [5, 5.41) is 4.48. The Kier molecular flexibility index (Phi) is 14.3. The topological polar surface area (TPSA) is 111 Å². The molecular formula is C52H92N2O7SSi. The summed E-state index contributed by atoms with van der Waals surface area (Å²) in [6.07, 6.45) is 11.8. The van der Waals surface area contributed by atoms with Gasteiger partial charge in [0.1, 0.15) is 6.10 Å². The van der Waals surface area contributed by atoms with Gasteiger partial charge >= 0.3 is 11.9 Å². The van der Waals surface area contributed by atoms with Crippen molar-refractivity contribution in [2.75, 3.05) is 37.7 Å². The standard InChI is InChI=1S/C52H92N2O7SSi/c1-17-59-43(55)32-47(8,9)33-44(56)60-42-22-23-49(12)40(48(42,10)11)21-24-51(14)41(49)19-18-38-45-37(35(2)3)20-25-52(45,27-26-50(38,51)13)53-34-39(54-28-30-62(57,58)31-29-54)36(4)61-63(15,16)46(5,6)7/h36-42,45,53H,2,17-34H2,1,3-16H3/t36?,37-,38+,39?,40-,41+,42-,45+,49-,50+,51+,52-/m0/s1. The van der Waals surface area contributed by atoms with Gasteiger partial charge in [0.25, 0.3) is 0 Å². The van der Waals surface area contributed by atoms with E-state index in [1.165, 1.54) is 37.7 Å². The van der Waals surface area contributed by atoms with Crippen molar-refractivity contribution in [2.45, 2.75) is 209 Å². The second kappa shape index (κ2) is 17.7. The molecular weight excluding hydrogens is 825 g/mol. The Hall–Kier alpha value is -1.27. The summed E-state index contributed by atoms with van der Waals surface area (Å²) in [7, 11) is -5.09. The highest BCUT2D eigenvalue weighted by Gasteiger charge is 2.71. The van der Waals surface area contributed by atoms with Crippen molar-refractivity contribution in [3.8, 4) is 0 Å². The van der Waals surface area contributed by atoms with Gasteiger partial charge in [-0.3, -0.25) is 14.5 Å². The lowest BCUT2D eigenvalue weighted by atomic mass is 9.32. The summed E-state index contributed by atoms with van der Waals surface area (Å²) < 4.78 is 44.1. The second-order valence-corrected chi connectivity index (χ2v) is 32.8. The van der Waals surface area contributed by atoms with Crippen LogP contribution in [0.15, 0.2) is 12.2 Å². The molecule has 2 unspecified atom stereocenters. The zero-order valence-electron chi connectivity index (χ0n) is 42.8. The molecule has 0 amide bonds. The molecule has 362 valence electrons. The van der Waals surface area contributed by atoms with Crippen LogP contribution in [-0.4, -0.2) is 95.1 Å². The van der Waals surface area contributed by atoms with Gasteiger partial charge in [0, 0.05) is 36.6 Å². The van der Waals surface area contributed by atoms with Crippen molar-refractivity contribution >= 4 is 30.1 Å². The molecule has 5 aliphatic carbocycles. The molecule has 5 saturated carbocycles. The molecule has 12 atom stereocenters. The number of rotatable bonds is 14. The normalized spacial score (nSPS) is 38.8. The largest absolute Gasteiger partial charge is 0.466 e. The number of sulfone groups is 1. The number of carbonyl (C=O) groups is 2. The van der Waals surface area contributed by atoms with E-state index < -0.39 is 23.6 Å². The van der Waals surface area contributed by atoms with E-state index in [4.69, 9.17) is 13.9 Å². The Labute approximate surface area is 386 Å². The molecule has 1 aliphatic heterocycles. The van der Waals surface area contributed by atoms with Gasteiger partial charge in [0.05, 0.1) is 37.1 Å². The van der Waals surface area contributed by atoms with Crippen molar-refractivity contribution in [2.24, 2.45) is 56.7 Å². The van der Waals surface area contributed by atoms with Crippen molar-refractivity contribution in [1.29, 1.82) is 0 Å². The summed E-state index contributed by atoms with van der Waals surface area (Å²) in [5.74, 6) is 2.63. The Morgan fingerprint density at radius 2 is 1.48 bits per heavy atom. The van der Waals surface area contributed by atoms with Crippen molar-refractivity contribution < 1.29 is 31.9 Å². The average Bonchev–Trinajstić information content (AvgIpc) is 3.53. The van der Waals surface area contributed by atoms with Crippen molar-refractivity contribution in [3.05, 3.63) is 12.2 Å². The molecule has 0 radical (unpaired) electrons. The van der Waals surface area contributed by atoms with E-state index in [9.17, 15) is 18.0 Å². The fourth-order valence-electron chi connectivity index (χ4n) is 15.6. The monoisotopic (exact) mass is 917 g/mol. The number of hydrogen-bond acceptors (Lipinski definition) is 9. The summed E-state index contributed by atoms with van der Waals surface area (Å²) in [6.45, 7) is 41.6. The average molecular weight is 917 g/mol. The maximum atomic E-state index is 13.6. The van der Waals surface area contributed by atoms with Gasteiger partial charge in [-0.05, 0) is 154 Å². The van der Waals surface area contributed by atoms with Crippen molar-refractivity contribution in [3.63, 3.8) is 0 Å². The predicted molar refractivity (Wildman–Crippen MR) is 259 cm³/mol. The smallest absolute Gasteiger partial charge is 0.306 e. The fourth-order valence-corrected chi connectivity index (χ4v) is 18.2. The van der Waals surface area contributed by atoms with E-state index >= 15 is 0 Å². The Morgan fingerprint density at radius 1 is 0.841 bits per heavy atom. The molecule has 1 N–H and O–H groups in total. The Morgan fingerprint density at radius 3 is 2.08 bits per heavy atom. The lowest BCUT2D eigenvalue weighted by Crippen LogP contribution is -2.69. The van der Waals surface area contributed by atoms with Crippen LogP contribution in [0.2, 0.25) is 18.1 Å². The van der Waals surface area contributed by atoms with E-state index in [1.54, 1.807) is 0 Å². The minimum Gasteiger partial charge on any atom is -0.466 e. The molecule has 6 aliphatic rings. The van der Waals surface area contributed by atoms with E-state index in [2.05, 4.69) is 99.1 Å². The molecule has 0 spiro atoms. The fraction of sp³-hybridized carbons (Fsp3) is 0.923. The van der Waals surface area contributed by atoms with E-state index in [-0.39, 0.29) is 86.8 Å². The maximum Gasteiger partial charge on any atom is 0.306 e. The number of ether oxygens (including phenoxy) is 2. The molecule has 0 aromatic carbocycles. The highest BCUT2D eigenvalue weighted by atomic mass is 32.2. The highest BCUT2D eigenvalue weighted by molar-refractivity contribution is 7.91. The van der Waals surface area contributed by atoms with Gasteiger partial charge in [0.2, 0.25) is 0 Å². The molecule has 6 fully saturated rings. The van der Waals surface area contributed by atoms with Gasteiger partial charge < -0.3 is 19.2 Å². The summed E-state index contributed by atoms with van der Waals surface area (Å²) in [5.41, 5.74) is 1.21. The molecule has 9 nitrogen and oxygen atoms in total. The first-order chi connectivity index (χ1) is 28.9. The van der Waals surface area contributed by atoms with E-state index in [0.29, 0.717) is 49.3 Å². The quantitative estimate of drug-likeness (QED) is 0.103. The molecule has 0 aromatic rings. The van der Waals surface area contributed by atoms with Crippen LogP contribution in [0.1, 0.15) is 167 Å². The van der Waals surface area contributed by atoms with Crippen LogP contribution < -0.4 is 5.32 Å². The Bertz CT molecular complexity index is 1810. The van der Waals surface area contributed by atoms with E-state index in [0.717, 1.165) is 38.6 Å². The number of carbonyl (C=O) groups excluding carboxylic acids is 2. The van der Waals surface area contributed by atoms with Crippen LogP contribution in [0.3, 0.4) is 0 Å². The maximum absolute atomic E-state index is 13.6.